The topological polar surface area (TPSA) is 73.9 Å². The number of amidine groups is 1. The summed E-state index contributed by atoms with van der Waals surface area (Å²) < 4.78 is 0. The van der Waals surface area contributed by atoms with Crippen molar-refractivity contribution in [1.29, 1.82) is 0 Å². The molecule has 0 spiro atoms. The fourth-order valence-corrected chi connectivity index (χ4v) is 1.74. The van der Waals surface area contributed by atoms with Crippen LogP contribution >= 0.6 is 0 Å². The number of rotatable bonds is 8. The number of hydrogen-bond acceptors (Lipinski definition) is 4. The molecule has 0 amide bonds. The van der Waals surface area contributed by atoms with Gasteiger partial charge in [-0.05, 0) is 39.8 Å². The Bertz CT molecular complexity index is 228. The van der Waals surface area contributed by atoms with Gasteiger partial charge in [-0.2, -0.15) is 0 Å². The second-order valence-corrected chi connectivity index (χ2v) is 4.64. The Morgan fingerprint density at radius 2 is 2.31 bits per heavy atom. The molecule has 1 rings (SSSR count). The first-order chi connectivity index (χ1) is 7.65. The van der Waals surface area contributed by atoms with Crippen LogP contribution in [0.4, 0.5) is 0 Å². The van der Waals surface area contributed by atoms with Gasteiger partial charge in [-0.15, -0.1) is 0 Å². The van der Waals surface area contributed by atoms with Crippen molar-refractivity contribution in [2.45, 2.75) is 44.7 Å². The van der Waals surface area contributed by atoms with Gasteiger partial charge in [-0.25, -0.2) is 0 Å². The molecule has 0 aliphatic heterocycles. The zero-order valence-corrected chi connectivity index (χ0v) is 10.3. The SMILES string of the molecule is CC(CNCCCC(N)=NO)N(C)C1CC1. The van der Waals surface area contributed by atoms with E-state index in [1.807, 2.05) is 0 Å². The maximum Gasteiger partial charge on any atom is 0.139 e. The fraction of sp³-hybridized carbons (Fsp3) is 0.909. The maximum absolute atomic E-state index is 8.36. The molecule has 1 aliphatic carbocycles. The first-order valence-corrected chi connectivity index (χ1v) is 6.04. The molecular weight excluding hydrogens is 204 g/mol. The lowest BCUT2D eigenvalue weighted by Crippen LogP contribution is -2.39. The third kappa shape index (κ3) is 4.81. The van der Waals surface area contributed by atoms with Gasteiger partial charge in [0.1, 0.15) is 5.84 Å². The molecule has 1 unspecified atom stereocenters. The molecule has 0 aromatic heterocycles. The Balaban J connectivity index is 1.97. The Morgan fingerprint density at radius 1 is 1.62 bits per heavy atom. The molecule has 5 heteroatoms. The van der Waals surface area contributed by atoms with Gasteiger partial charge < -0.3 is 16.3 Å². The summed E-state index contributed by atoms with van der Waals surface area (Å²) in [7, 11) is 2.19. The average molecular weight is 228 g/mol. The van der Waals surface area contributed by atoms with Crippen molar-refractivity contribution in [3.8, 4) is 0 Å². The van der Waals surface area contributed by atoms with Crippen LogP contribution in [0.25, 0.3) is 0 Å². The van der Waals surface area contributed by atoms with Gasteiger partial charge in [0.25, 0.3) is 0 Å². The summed E-state index contributed by atoms with van der Waals surface area (Å²) >= 11 is 0. The van der Waals surface area contributed by atoms with Crippen molar-refractivity contribution >= 4 is 5.84 Å². The zero-order chi connectivity index (χ0) is 12.0. The smallest absolute Gasteiger partial charge is 0.139 e. The molecule has 16 heavy (non-hydrogen) atoms. The minimum atomic E-state index is 0.310. The predicted octanol–water partition coefficient (Wildman–Crippen LogP) is 0.585. The lowest BCUT2D eigenvalue weighted by atomic mass is 10.2. The van der Waals surface area contributed by atoms with Crippen LogP contribution in [0.1, 0.15) is 32.6 Å². The Hall–Kier alpha value is -0.810. The number of oxime groups is 1. The molecule has 1 saturated carbocycles. The molecule has 0 heterocycles. The molecule has 0 bridgehead atoms. The van der Waals surface area contributed by atoms with E-state index in [9.17, 15) is 0 Å². The predicted molar refractivity (Wildman–Crippen MR) is 65.8 cm³/mol. The van der Waals surface area contributed by atoms with Crippen molar-refractivity contribution in [3.63, 3.8) is 0 Å². The van der Waals surface area contributed by atoms with Crippen LogP contribution in [0, 0.1) is 0 Å². The summed E-state index contributed by atoms with van der Waals surface area (Å²) in [5.74, 6) is 0.310. The third-order valence-electron chi connectivity index (χ3n) is 3.17. The second kappa shape index (κ2) is 6.70. The van der Waals surface area contributed by atoms with E-state index >= 15 is 0 Å². The van der Waals surface area contributed by atoms with Crippen LogP contribution in [-0.4, -0.2) is 48.2 Å². The number of hydrogen-bond donors (Lipinski definition) is 3. The molecule has 94 valence electrons. The van der Waals surface area contributed by atoms with E-state index in [1.54, 1.807) is 0 Å². The van der Waals surface area contributed by atoms with Crippen molar-refractivity contribution < 1.29 is 5.21 Å². The van der Waals surface area contributed by atoms with E-state index in [-0.39, 0.29) is 0 Å². The van der Waals surface area contributed by atoms with Crippen LogP contribution in [0.3, 0.4) is 0 Å². The quantitative estimate of drug-likeness (QED) is 0.187. The van der Waals surface area contributed by atoms with Crippen LogP contribution in [0.5, 0.6) is 0 Å². The lowest BCUT2D eigenvalue weighted by Gasteiger charge is -2.24. The summed E-state index contributed by atoms with van der Waals surface area (Å²) in [5, 5.41) is 14.7. The summed E-state index contributed by atoms with van der Waals surface area (Å²) in [6.07, 6.45) is 4.26. The lowest BCUT2D eigenvalue weighted by molar-refractivity contribution is 0.241. The van der Waals surface area contributed by atoms with E-state index in [1.165, 1.54) is 12.8 Å². The van der Waals surface area contributed by atoms with Gasteiger partial charge >= 0.3 is 0 Å². The van der Waals surface area contributed by atoms with Gasteiger partial charge in [-0.1, -0.05) is 5.16 Å². The molecule has 0 aromatic carbocycles. The first-order valence-electron chi connectivity index (χ1n) is 6.04. The number of nitrogens with two attached hydrogens (primary N) is 1. The Morgan fingerprint density at radius 3 is 2.88 bits per heavy atom. The first kappa shape index (κ1) is 13.3. The molecule has 0 aromatic rings. The molecule has 1 fully saturated rings. The minimum Gasteiger partial charge on any atom is -0.409 e. The average Bonchev–Trinajstić information content (AvgIpc) is 3.10. The fourth-order valence-electron chi connectivity index (χ4n) is 1.74. The normalized spacial score (nSPS) is 19.1. The van der Waals surface area contributed by atoms with E-state index in [4.69, 9.17) is 10.9 Å². The van der Waals surface area contributed by atoms with Gasteiger partial charge in [0.15, 0.2) is 0 Å². The highest BCUT2D eigenvalue weighted by Crippen LogP contribution is 2.26. The Labute approximate surface area is 97.7 Å². The molecule has 1 atom stereocenters. The van der Waals surface area contributed by atoms with Crippen LogP contribution in [0.2, 0.25) is 0 Å². The molecule has 1 aliphatic rings. The van der Waals surface area contributed by atoms with Gasteiger partial charge in [0, 0.05) is 25.0 Å². The van der Waals surface area contributed by atoms with Crippen LogP contribution in [0.15, 0.2) is 5.16 Å². The van der Waals surface area contributed by atoms with Gasteiger partial charge in [-0.3, -0.25) is 4.90 Å². The number of likely N-dealkylation sites (N-methyl/N-ethyl adjacent to an activating group) is 1. The van der Waals surface area contributed by atoms with Crippen molar-refractivity contribution in [2.24, 2.45) is 10.9 Å². The molecule has 5 nitrogen and oxygen atoms in total. The monoisotopic (exact) mass is 228 g/mol. The van der Waals surface area contributed by atoms with Crippen molar-refractivity contribution in [3.05, 3.63) is 0 Å². The van der Waals surface area contributed by atoms with Crippen LogP contribution in [-0.2, 0) is 0 Å². The van der Waals surface area contributed by atoms with Crippen molar-refractivity contribution in [1.82, 2.24) is 10.2 Å². The Kier molecular flexibility index (Phi) is 5.55. The van der Waals surface area contributed by atoms with Gasteiger partial charge in [0.2, 0.25) is 0 Å². The number of nitrogens with one attached hydrogen (secondary N) is 1. The van der Waals surface area contributed by atoms with Gasteiger partial charge in [0.05, 0.1) is 0 Å². The van der Waals surface area contributed by atoms with E-state index in [2.05, 4.69) is 29.3 Å². The molecular formula is C11H24N4O. The zero-order valence-electron chi connectivity index (χ0n) is 10.3. The molecule has 4 N–H and O–H groups in total. The highest BCUT2D eigenvalue weighted by molar-refractivity contribution is 5.79. The largest absolute Gasteiger partial charge is 0.409 e. The van der Waals surface area contributed by atoms with E-state index in [0.29, 0.717) is 18.3 Å². The minimum absolute atomic E-state index is 0.310. The highest BCUT2D eigenvalue weighted by Gasteiger charge is 2.28. The summed E-state index contributed by atoms with van der Waals surface area (Å²) in [6.45, 7) is 4.16. The van der Waals surface area contributed by atoms with E-state index < -0.39 is 0 Å². The summed E-state index contributed by atoms with van der Waals surface area (Å²) in [5.41, 5.74) is 5.38. The number of nitrogens with zero attached hydrogens (tertiary/aromatic N) is 2. The van der Waals surface area contributed by atoms with E-state index in [0.717, 1.165) is 25.6 Å². The third-order valence-corrected chi connectivity index (χ3v) is 3.17. The standard InChI is InChI=1S/C11H24N4O/c1-9(15(2)10-5-6-10)8-13-7-3-4-11(12)14-16/h9-10,13,16H,3-8H2,1-2H3,(H2,12,14). The second-order valence-electron chi connectivity index (χ2n) is 4.64. The highest BCUT2D eigenvalue weighted by atomic mass is 16.4. The maximum atomic E-state index is 8.36. The summed E-state index contributed by atoms with van der Waals surface area (Å²) in [4.78, 5) is 2.44. The van der Waals surface area contributed by atoms with Crippen LogP contribution < -0.4 is 11.1 Å². The summed E-state index contributed by atoms with van der Waals surface area (Å²) in [6, 6.07) is 1.39. The molecule has 0 radical (unpaired) electrons. The van der Waals surface area contributed by atoms with Crippen molar-refractivity contribution in [2.75, 3.05) is 20.1 Å². The molecule has 0 saturated heterocycles.